The average Bonchev–Trinajstić information content (AvgIpc) is 2.19. The summed E-state index contributed by atoms with van der Waals surface area (Å²) in [5.41, 5.74) is 0. The lowest BCUT2D eigenvalue weighted by Gasteiger charge is -1.64. The van der Waals surface area contributed by atoms with Crippen LogP contribution in [0.1, 0.15) is 13.3 Å². The van der Waals surface area contributed by atoms with E-state index in [1.54, 1.807) is 0 Å². The lowest BCUT2D eigenvalue weighted by molar-refractivity contribution is 0.908. The number of hydrogen-bond donors (Lipinski definition) is 0. The summed E-state index contributed by atoms with van der Waals surface area (Å²) in [6.07, 6.45) is 1.14. The average molecular weight is 81.1 g/mol. The van der Waals surface area contributed by atoms with Crippen molar-refractivity contribution in [3.05, 3.63) is 0 Å². The molecule has 32 valence electrons. The predicted molar refractivity (Wildman–Crippen MR) is 22.9 cm³/mol. The largest absolute Gasteiger partial charge is 0.198 e. The molecular weight excluding hydrogens is 74.1 g/mol. The first-order chi connectivity index (χ1) is 2.84. The van der Waals surface area contributed by atoms with Crippen molar-refractivity contribution in [3.63, 3.8) is 0 Å². The Labute approximate surface area is 37.6 Å². The van der Waals surface area contributed by atoms with Gasteiger partial charge in [-0.05, 0) is 12.3 Å². The lowest BCUT2D eigenvalue weighted by atomic mass is 10.4. The molecule has 0 radical (unpaired) electrons. The monoisotopic (exact) mass is 81.1 g/mol. The third kappa shape index (κ3) is 0.386. The molecule has 6 heavy (non-hydrogen) atoms. The Balaban J connectivity index is 2.31. The van der Waals surface area contributed by atoms with Crippen LogP contribution in [0.15, 0.2) is 0 Å². The Morgan fingerprint density at radius 1 is 1.83 bits per heavy atom. The fourth-order valence-corrected chi connectivity index (χ4v) is 0.502. The first-order valence-electron chi connectivity index (χ1n) is 2.24. The van der Waals surface area contributed by atoms with Gasteiger partial charge in [-0.3, -0.25) is 0 Å². The van der Waals surface area contributed by atoms with E-state index >= 15 is 0 Å². The van der Waals surface area contributed by atoms with Gasteiger partial charge in [-0.2, -0.15) is 5.26 Å². The van der Waals surface area contributed by atoms with Gasteiger partial charge in [0, 0.05) is 5.92 Å². The molecule has 0 bridgehead atoms. The Bertz CT molecular complexity index is 90.6. The second-order valence-corrected chi connectivity index (χ2v) is 1.95. The molecule has 1 heteroatoms. The molecule has 0 aliphatic heterocycles. The van der Waals surface area contributed by atoms with Crippen molar-refractivity contribution >= 4 is 0 Å². The van der Waals surface area contributed by atoms with Gasteiger partial charge in [-0.15, -0.1) is 0 Å². The first kappa shape index (κ1) is 3.67. The molecule has 2 atom stereocenters. The minimum Gasteiger partial charge on any atom is -0.198 e. The molecule has 0 aromatic heterocycles. The molecule has 0 aromatic carbocycles. The minimum atomic E-state index is 0.407. The summed E-state index contributed by atoms with van der Waals surface area (Å²) in [7, 11) is 0. The van der Waals surface area contributed by atoms with Crippen LogP contribution in [0.3, 0.4) is 0 Å². The second kappa shape index (κ2) is 0.975. The van der Waals surface area contributed by atoms with E-state index in [1.165, 1.54) is 0 Å². The molecule has 1 rings (SSSR count). The number of hydrogen-bond acceptors (Lipinski definition) is 1. The molecule has 0 amide bonds. The van der Waals surface area contributed by atoms with E-state index in [-0.39, 0.29) is 0 Å². The molecule has 1 aliphatic carbocycles. The number of nitrogens with zero attached hydrogens (tertiary/aromatic N) is 1. The fourth-order valence-electron chi connectivity index (χ4n) is 0.502. The molecule has 1 aliphatic rings. The van der Waals surface area contributed by atoms with Gasteiger partial charge in [-0.25, -0.2) is 0 Å². The third-order valence-corrected chi connectivity index (χ3v) is 1.28. The van der Waals surface area contributed by atoms with Gasteiger partial charge < -0.3 is 0 Å². The highest BCUT2D eigenvalue weighted by Crippen LogP contribution is 2.36. The van der Waals surface area contributed by atoms with Crippen molar-refractivity contribution in [2.24, 2.45) is 11.8 Å². The van der Waals surface area contributed by atoms with Crippen LogP contribution in [0.5, 0.6) is 0 Å². The summed E-state index contributed by atoms with van der Waals surface area (Å²) >= 11 is 0. The van der Waals surface area contributed by atoms with Crippen LogP contribution >= 0.6 is 0 Å². The van der Waals surface area contributed by atoms with E-state index in [4.69, 9.17) is 5.26 Å². The Kier molecular flexibility index (Phi) is 0.597. The van der Waals surface area contributed by atoms with Gasteiger partial charge in [0.15, 0.2) is 0 Å². The van der Waals surface area contributed by atoms with Gasteiger partial charge in [0.05, 0.1) is 6.07 Å². The molecule has 0 N–H and O–H groups in total. The molecule has 1 nitrogen and oxygen atoms in total. The number of nitriles is 1. The third-order valence-electron chi connectivity index (χ3n) is 1.28. The summed E-state index contributed by atoms with van der Waals surface area (Å²) in [4.78, 5) is 0. The molecule has 1 fully saturated rings. The van der Waals surface area contributed by atoms with E-state index in [1.807, 2.05) is 0 Å². The van der Waals surface area contributed by atoms with Gasteiger partial charge in [0.25, 0.3) is 0 Å². The van der Waals surface area contributed by atoms with Crippen molar-refractivity contribution in [2.45, 2.75) is 13.3 Å². The van der Waals surface area contributed by atoms with Crippen LogP contribution < -0.4 is 0 Å². The molecule has 0 heterocycles. The molecule has 0 aromatic rings. The Hall–Kier alpha value is -0.510. The van der Waals surface area contributed by atoms with Gasteiger partial charge >= 0.3 is 0 Å². The highest BCUT2D eigenvalue weighted by Gasteiger charge is 2.31. The topological polar surface area (TPSA) is 23.8 Å². The van der Waals surface area contributed by atoms with Gasteiger partial charge in [0.1, 0.15) is 0 Å². The highest BCUT2D eigenvalue weighted by atomic mass is 14.4. The summed E-state index contributed by atoms with van der Waals surface area (Å²) < 4.78 is 0. The fraction of sp³-hybridized carbons (Fsp3) is 0.800. The lowest BCUT2D eigenvalue weighted by Crippen LogP contribution is -1.63. The van der Waals surface area contributed by atoms with Crippen LogP contribution in [-0.4, -0.2) is 0 Å². The SMILES string of the molecule is C[C@H]1C[C@H]1C#N. The quantitative estimate of drug-likeness (QED) is 0.429. The van der Waals surface area contributed by atoms with E-state index in [0.29, 0.717) is 11.8 Å². The van der Waals surface area contributed by atoms with Crippen molar-refractivity contribution in [3.8, 4) is 6.07 Å². The Morgan fingerprint density at radius 3 is 2.33 bits per heavy atom. The zero-order valence-corrected chi connectivity index (χ0v) is 3.81. The maximum Gasteiger partial charge on any atom is 0.0658 e. The van der Waals surface area contributed by atoms with E-state index in [0.717, 1.165) is 6.42 Å². The zero-order chi connectivity index (χ0) is 4.57. The van der Waals surface area contributed by atoms with Crippen LogP contribution in [-0.2, 0) is 0 Å². The summed E-state index contributed by atoms with van der Waals surface area (Å²) in [5, 5.41) is 8.13. The minimum absolute atomic E-state index is 0.407. The van der Waals surface area contributed by atoms with Crippen molar-refractivity contribution < 1.29 is 0 Å². The smallest absolute Gasteiger partial charge is 0.0658 e. The van der Waals surface area contributed by atoms with Crippen molar-refractivity contribution in [2.75, 3.05) is 0 Å². The van der Waals surface area contributed by atoms with E-state index < -0.39 is 0 Å². The van der Waals surface area contributed by atoms with E-state index in [2.05, 4.69) is 13.0 Å². The van der Waals surface area contributed by atoms with Gasteiger partial charge in [-0.1, -0.05) is 6.92 Å². The van der Waals surface area contributed by atoms with Crippen molar-refractivity contribution in [1.82, 2.24) is 0 Å². The highest BCUT2D eigenvalue weighted by molar-refractivity contribution is 4.98. The molecule has 0 saturated heterocycles. The molecule has 0 spiro atoms. The maximum atomic E-state index is 8.13. The van der Waals surface area contributed by atoms with Crippen molar-refractivity contribution in [1.29, 1.82) is 5.26 Å². The summed E-state index contributed by atoms with van der Waals surface area (Å²) in [6.45, 7) is 2.11. The summed E-state index contributed by atoms with van der Waals surface area (Å²) in [6, 6.07) is 2.19. The standard InChI is InChI=1S/C5H7N/c1-4-2-5(4)3-6/h4-5H,2H2,1H3/t4-,5-/m0/s1. The Morgan fingerprint density at radius 2 is 2.33 bits per heavy atom. The molecule has 0 unspecified atom stereocenters. The maximum absolute atomic E-state index is 8.13. The van der Waals surface area contributed by atoms with Crippen LogP contribution in [0.25, 0.3) is 0 Å². The molecule has 1 saturated carbocycles. The summed E-state index contributed by atoms with van der Waals surface area (Å²) in [5.74, 6) is 1.11. The second-order valence-electron chi connectivity index (χ2n) is 1.95. The first-order valence-corrected chi connectivity index (χ1v) is 2.24. The van der Waals surface area contributed by atoms with Crippen LogP contribution in [0.2, 0.25) is 0 Å². The molecular formula is C5H7N. The number of rotatable bonds is 0. The van der Waals surface area contributed by atoms with Crippen LogP contribution in [0, 0.1) is 23.2 Å². The van der Waals surface area contributed by atoms with Crippen LogP contribution in [0.4, 0.5) is 0 Å². The van der Waals surface area contributed by atoms with Gasteiger partial charge in [0.2, 0.25) is 0 Å². The normalized spacial score (nSPS) is 41.3. The predicted octanol–water partition coefficient (Wildman–Crippen LogP) is 1.17. The van der Waals surface area contributed by atoms with E-state index in [9.17, 15) is 0 Å². The zero-order valence-electron chi connectivity index (χ0n) is 3.81.